The summed E-state index contributed by atoms with van der Waals surface area (Å²) in [4.78, 5) is 38.3. The topological polar surface area (TPSA) is 84.9 Å². The third-order valence-corrected chi connectivity index (χ3v) is 5.00. The summed E-state index contributed by atoms with van der Waals surface area (Å²) in [5.74, 6) is -0.661. The van der Waals surface area contributed by atoms with Crippen molar-refractivity contribution in [3.8, 4) is 11.5 Å². The maximum absolute atomic E-state index is 12.9. The number of carbonyl (C=O) groups excluding carboxylic acids is 3. The minimum absolute atomic E-state index is 0.0597. The Kier molecular flexibility index (Phi) is 5.20. The number of nitrogens with one attached hydrogen (secondary N) is 1. The zero-order valence-corrected chi connectivity index (χ0v) is 16.1. The van der Waals surface area contributed by atoms with Crippen molar-refractivity contribution >= 4 is 17.8 Å². The van der Waals surface area contributed by atoms with Crippen LogP contribution in [0.1, 0.15) is 29.9 Å². The Morgan fingerprint density at radius 2 is 1.62 bits per heavy atom. The molecule has 1 N–H and O–H groups in total. The van der Waals surface area contributed by atoms with E-state index in [0.29, 0.717) is 22.6 Å². The van der Waals surface area contributed by atoms with E-state index in [-0.39, 0.29) is 18.5 Å². The molecule has 7 nitrogen and oxygen atoms in total. The number of fused-ring (bicyclic) bond motifs is 2. The van der Waals surface area contributed by atoms with Crippen molar-refractivity contribution in [1.82, 2.24) is 10.2 Å². The Morgan fingerprint density at radius 3 is 2.21 bits per heavy atom. The normalized spacial score (nSPS) is 14.8. The number of esters is 1. The first kappa shape index (κ1) is 19.0. The van der Waals surface area contributed by atoms with Crippen LogP contribution < -0.4 is 10.1 Å². The number of hydrogen-bond acceptors (Lipinski definition) is 5. The number of benzene rings is 2. The SMILES string of the molecule is CN(CC(=O)NC1CC1)C(=O)COC(=O)C1c2ccccc2Oc2ccccc21. The van der Waals surface area contributed by atoms with Gasteiger partial charge >= 0.3 is 5.97 Å². The molecular formula is C22H22N2O5. The van der Waals surface area contributed by atoms with Gasteiger partial charge in [-0.1, -0.05) is 36.4 Å². The van der Waals surface area contributed by atoms with Gasteiger partial charge in [0, 0.05) is 24.2 Å². The molecule has 0 radical (unpaired) electrons. The van der Waals surface area contributed by atoms with Gasteiger partial charge in [-0.05, 0) is 25.0 Å². The van der Waals surface area contributed by atoms with Crippen LogP contribution in [0.5, 0.6) is 11.5 Å². The van der Waals surface area contributed by atoms with E-state index < -0.39 is 24.4 Å². The van der Waals surface area contributed by atoms with Gasteiger partial charge in [-0.25, -0.2) is 0 Å². The van der Waals surface area contributed by atoms with Crippen LogP contribution in [0, 0.1) is 0 Å². The van der Waals surface area contributed by atoms with Crippen molar-refractivity contribution in [2.24, 2.45) is 0 Å². The van der Waals surface area contributed by atoms with Crippen molar-refractivity contribution in [1.29, 1.82) is 0 Å². The predicted molar refractivity (Wildman–Crippen MR) is 105 cm³/mol. The molecule has 2 aromatic carbocycles. The lowest BCUT2D eigenvalue weighted by molar-refractivity contribution is -0.152. The maximum Gasteiger partial charge on any atom is 0.318 e. The zero-order chi connectivity index (χ0) is 20.4. The fourth-order valence-corrected chi connectivity index (χ4v) is 3.29. The van der Waals surface area contributed by atoms with Gasteiger partial charge in [-0.2, -0.15) is 0 Å². The molecule has 1 saturated carbocycles. The second-order valence-electron chi connectivity index (χ2n) is 7.31. The number of para-hydroxylation sites is 2. The van der Waals surface area contributed by atoms with Crippen LogP contribution >= 0.6 is 0 Å². The highest BCUT2D eigenvalue weighted by molar-refractivity contribution is 5.89. The Hall–Kier alpha value is -3.35. The molecule has 0 atom stereocenters. The number of amides is 2. The minimum atomic E-state index is -0.674. The van der Waals surface area contributed by atoms with E-state index in [9.17, 15) is 14.4 Å². The smallest absolute Gasteiger partial charge is 0.318 e. The van der Waals surface area contributed by atoms with E-state index >= 15 is 0 Å². The fourth-order valence-electron chi connectivity index (χ4n) is 3.29. The fraction of sp³-hybridized carbons (Fsp3) is 0.318. The second-order valence-corrected chi connectivity index (χ2v) is 7.31. The molecule has 1 fully saturated rings. The quantitative estimate of drug-likeness (QED) is 0.760. The van der Waals surface area contributed by atoms with Crippen molar-refractivity contribution < 1.29 is 23.9 Å². The summed E-state index contributed by atoms with van der Waals surface area (Å²) < 4.78 is 11.2. The molecule has 0 aromatic heterocycles. The van der Waals surface area contributed by atoms with Crippen molar-refractivity contribution in [3.63, 3.8) is 0 Å². The van der Waals surface area contributed by atoms with Gasteiger partial charge in [-0.3, -0.25) is 14.4 Å². The van der Waals surface area contributed by atoms with Crippen LogP contribution in [0.2, 0.25) is 0 Å². The standard InChI is InChI=1S/C22H22N2O5/c1-24(12-19(25)23-14-10-11-14)20(26)13-28-22(27)21-15-6-2-4-8-17(15)29-18-9-5-3-7-16(18)21/h2-9,14,21H,10-13H2,1H3,(H,23,25). The van der Waals surface area contributed by atoms with Gasteiger partial charge in [-0.15, -0.1) is 0 Å². The highest BCUT2D eigenvalue weighted by Gasteiger charge is 2.34. The lowest BCUT2D eigenvalue weighted by Gasteiger charge is -2.27. The average molecular weight is 394 g/mol. The molecule has 1 aliphatic carbocycles. The predicted octanol–water partition coefficient (Wildman–Crippen LogP) is 2.20. The number of nitrogens with zero attached hydrogens (tertiary/aromatic N) is 1. The molecule has 1 heterocycles. The lowest BCUT2D eigenvalue weighted by atomic mass is 9.88. The molecule has 150 valence electrons. The monoisotopic (exact) mass is 394 g/mol. The first-order chi connectivity index (χ1) is 14.0. The molecule has 2 aromatic rings. The van der Waals surface area contributed by atoms with Crippen LogP contribution in [0.25, 0.3) is 0 Å². The maximum atomic E-state index is 12.9. The van der Waals surface area contributed by atoms with Crippen LogP contribution in [0.15, 0.2) is 48.5 Å². The van der Waals surface area contributed by atoms with Crippen LogP contribution in [0.3, 0.4) is 0 Å². The molecule has 0 unspecified atom stereocenters. The first-order valence-electron chi connectivity index (χ1n) is 9.58. The highest BCUT2D eigenvalue weighted by atomic mass is 16.5. The summed E-state index contributed by atoms with van der Waals surface area (Å²) >= 11 is 0. The molecular weight excluding hydrogens is 372 g/mol. The zero-order valence-electron chi connectivity index (χ0n) is 16.1. The molecule has 29 heavy (non-hydrogen) atoms. The summed E-state index contributed by atoms with van der Waals surface area (Å²) in [6, 6.07) is 14.8. The van der Waals surface area contributed by atoms with Gasteiger partial charge in [0.2, 0.25) is 5.91 Å². The summed E-state index contributed by atoms with van der Waals surface area (Å²) in [5, 5.41) is 2.82. The largest absolute Gasteiger partial charge is 0.457 e. The molecule has 0 spiro atoms. The third kappa shape index (κ3) is 4.23. The number of ether oxygens (including phenoxy) is 2. The minimum Gasteiger partial charge on any atom is -0.457 e. The third-order valence-electron chi connectivity index (χ3n) is 5.00. The van der Waals surface area contributed by atoms with Crippen LogP contribution in [-0.4, -0.2) is 48.9 Å². The Bertz CT molecular complexity index is 908. The number of carbonyl (C=O) groups is 3. The van der Waals surface area contributed by atoms with Gasteiger partial charge in [0.15, 0.2) is 6.61 Å². The molecule has 2 amide bonds. The molecule has 2 aliphatic rings. The Morgan fingerprint density at radius 1 is 1.03 bits per heavy atom. The van der Waals surface area contributed by atoms with Crippen LogP contribution in [0.4, 0.5) is 0 Å². The molecule has 0 bridgehead atoms. The van der Waals surface area contributed by atoms with Gasteiger partial charge in [0.1, 0.15) is 17.4 Å². The summed E-state index contributed by atoms with van der Waals surface area (Å²) in [6.45, 7) is -0.483. The van der Waals surface area contributed by atoms with E-state index in [4.69, 9.17) is 9.47 Å². The Labute approximate surface area is 168 Å². The summed E-state index contributed by atoms with van der Waals surface area (Å²) in [7, 11) is 1.52. The number of likely N-dealkylation sites (N-methyl/N-ethyl adjacent to an activating group) is 1. The van der Waals surface area contributed by atoms with Crippen molar-refractivity contribution in [2.75, 3.05) is 20.2 Å². The number of rotatable bonds is 6. The summed E-state index contributed by atoms with van der Waals surface area (Å²) in [6.07, 6.45) is 1.96. The van der Waals surface area contributed by atoms with Gasteiger partial charge < -0.3 is 19.7 Å². The van der Waals surface area contributed by atoms with Gasteiger partial charge in [0.25, 0.3) is 5.91 Å². The van der Waals surface area contributed by atoms with E-state index in [1.165, 1.54) is 11.9 Å². The molecule has 7 heteroatoms. The van der Waals surface area contributed by atoms with Gasteiger partial charge in [0.05, 0.1) is 6.54 Å². The lowest BCUT2D eigenvalue weighted by Crippen LogP contribution is -2.41. The molecule has 0 saturated heterocycles. The number of hydrogen-bond donors (Lipinski definition) is 1. The van der Waals surface area contributed by atoms with E-state index in [2.05, 4.69) is 5.32 Å². The van der Waals surface area contributed by atoms with E-state index in [1.807, 2.05) is 36.4 Å². The first-order valence-corrected chi connectivity index (χ1v) is 9.58. The highest BCUT2D eigenvalue weighted by Crippen LogP contribution is 2.44. The van der Waals surface area contributed by atoms with Crippen molar-refractivity contribution in [2.45, 2.75) is 24.8 Å². The second kappa shape index (κ2) is 7.95. The molecule has 1 aliphatic heterocycles. The van der Waals surface area contributed by atoms with Crippen molar-refractivity contribution in [3.05, 3.63) is 59.7 Å². The Balaban J connectivity index is 1.42. The summed E-state index contributed by atoms with van der Waals surface area (Å²) in [5.41, 5.74) is 1.39. The molecule has 4 rings (SSSR count). The van der Waals surface area contributed by atoms with E-state index in [1.54, 1.807) is 12.1 Å². The van der Waals surface area contributed by atoms with E-state index in [0.717, 1.165) is 12.8 Å². The van der Waals surface area contributed by atoms with Crippen LogP contribution in [-0.2, 0) is 19.1 Å². The average Bonchev–Trinajstić information content (AvgIpc) is 3.53.